The van der Waals surface area contributed by atoms with Crippen molar-refractivity contribution in [3.05, 3.63) is 33.9 Å². The Morgan fingerprint density at radius 1 is 1.12 bits per heavy atom. The first-order valence-electron chi connectivity index (χ1n) is 5.88. The van der Waals surface area contributed by atoms with Crippen molar-refractivity contribution < 1.29 is 5.11 Å². The lowest BCUT2D eigenvalue weighted by atomic mass is 9.88. The Labute approximate surface area is 98.5 Å². The van der Waals surface area contributed by atoms with E-state index in [1.807, 2.05) is 0 Å². The third-order valence-electron chi connectivity index (χ3n) is 3.61. The highest BCUT2D eigenvalue weighted by atomic mass is 16.3. The van der Waals surface area contributed by atoms with Gasteiger partial charge in [-0.05, 0) is 74.4 Å². The molecule has 1 atom stereocenters. The second-order valence-electron chi connectivity index (χ2n) is 4.73. The highest BCUT2D eigenvalue weighted by molar-refractivity contribution is 5.44. The lowest BCUT2D eigenvalue weighted by Gasteiger charge is -2.19. The van der Waals surface area contributed by atoms with Crippen molar-refractivity contribution in [1.82, 2.24) is 0 Å². The highest BCUT2D eigenvalue weighted by Crippen LogP contribution is 2.23. The maximum Gasteiger partial charge on any atom is 0.0474 e. The number of hydrogen-bond acceptors (Lipinski definition) is 2. The van der Waals surface area contributed by atoms with Crippen LogP contribution in [0, 0.1) is 33.6 Å². The summed E-state index contributed by atoms with van der Waals surface area (Å²) < 4.78 is 0. The zero-order valence-corrected chi connectivity index (χ0v) is 10.8. The van der Waals surface area contributed by atoms with Crippen LogP contribution in [0.15, 0.2) is 6.07 Å². The smallest absolute Gasteiger partial charge is 0.0474 e. The minimum absolute atomic E-state index is 0.169. The lowest BCUT2D eigenvalue weighted by molar-refractivity contribution is 0.229. The monoisotopic (exact) mass is 221 g/mol. The molecule has 0 radical (unpaired) electrons. The molecule has 2 heteroatoms. The molecule has 0 aromatic heterocycles. The predicted molar refractivity (Wildman–Crippen MR) is 68.7 cm³/mol. The van der Waals surface area contributed by atoms with Gasteiger partial charge in [-0.3, -0.25) is 0 Å². The molecule has 1 unspecified atom stereocenters. The number of aliphatic hydroxyl groups is 1. The van der Waals surface area contributed by atoms with Gasteiger partial charge in [0.1, 0.15) is 0 Å². The molecule has 1 rings (SSSR count). The summed E-state index contributed by atoms with van der Waals surface area (Å²) in [5, 5.41) is 9.23. The van der Waals surface area contributed by atoms with Crippen LogP contribution >= 0.6 is 0 Å². The van der Waals surface area contributed by atoms with Gasteiger partial charge in [0.2, 0.25) is 0 Å². The molecule has 0 heterocycles. The summed E-state index contributed by atoms with van der Waals surface area (Å²) in [6, 6.07) is 2.23. The fourth-order valence-corrected chi connectivity index (χ4v) is 2.12. The summed E-state index contributed by atoms with van der Waals surface area (Å²) in [6.07, 6.45) is 0.882. The average molecular weight is 221 g/mol. The number of aliphatic hydroxyl groups excluding tert-OH is 1. The van der Waals surface area contributed by atoms with E-state index < -0.39 is 0 Å². The molecular formula is C14H23NO. The zero-order valence-electron chi connectivity index (χ0n) is 10.8. The van der Waals surface area contributed by atoms with Gasteiger partial charge in [-0.2, -0.15) is 0 Å². The van der Waals surface area contributed by atoms with Crippen LogP contribution in [-0.4, -0.2) is 18.3 Å². The van der Waals surface area contributed by atoms with E-state index in [9.17, 15) is 5.11 Å². The predicted octanol–water partition coefficient (Wildman–Crippen LogP) is 2.03. The average Bonchev–Trinajstić information content (AvgIpc) is 2.27. The van der Waals surface area contributed by atoms with Crippen molar-refractivity contribution in [2.75, 3.05) is 13.2 Å². The van der Waals surface area contributed by atoms with E-state index in [-0.39, 0.29) is 12.5 Å². The maximum absolute atomic E-state index is 9.23. The molecule has 0 saturated carbocycles. The van der Waals surface area contributed by atoms with Gasteiger partial charge in [-0.15, -0.1) is 0 Å². The summed E-state index contributed by atoms with van der Waals surface area (Å²) in [5.41, 5.74) is 12.3. The second-order valence-corrected chi connectivity index (χ2v) is 4.73. The van der Waals surface area contributed by atoms with Crippen molar-refractivity contribution in [2.45, 2.75) is 34.1 Å². The van der Waals surface area contributed by atoms with Crippen molar-refractivity contribution in [2.24, 2.45) is 11.7 Å². The number of aryl methyl sites for hydroxylation is 2. The third kappa shape index (κ3) is 2.63. The van der Waals surface area contributed by atoms with Gasteiger partial charge in [0, 0.05) is 6.61 Å². The van der Waals surface area contributed by atoms with Crippen LogP contribution in [0.2, 0.25) is 0 Å². The quantitative estimate of drug-likeness (QED) is 0.817. The molecule has 3 N–H and O–H groups in total. The Morgan fingerprint density at radius 2 is 1.62 bits per heavy atom. The molecule has 0 saturated heterocycles. The number of hydrogen-bond donors (Lipinski definition) is 2. The first-order chi connectivity index (χ1) is 7.51. The van der Waals surface area contributed by atoms with Gasteiger partial charge in [-0.1, -0.05) is 6.07 Å². The largest absolute Gasteiger partial charge is 0.396 e. The van der Waals surface area contributed by atoms with Gasteiger partial charge < -0.3 is 10.8 Å². The van der Waals surface area contributed by atoms with Crippen LogP contribution in [0.25, 0.3) is 0 Å². The first-order valence-corrected chi connectivity index (χ1v) is 5.88. The lowest BCUT2D eigenvalue weighted by Crippen LogP contribution is -2.21. The fraction of sp³-hybridized carbons (Fsp3) is 0.571. The zero-order chi connectivity index (χ0) is 12.3. The minimum Gasteiger partial charge on any atom is -0.396 e. The maximum atomic E-state index is 9.23. The van der Waals surface area contributed by atoms with E-state index in [0.29, 0.717) is 6.54 Å². The van der Waals surface area contributed by atoms with E-state index in [2.05, 4.69) is 33.8 Å². The second kappa shape index (κ2) is 5.46. The standard InChI is InChI=1S/C14H23NO/c1-9-5-10(2)12(4)14(11(9)3)6-13(7-15)8-16/h5,13,16H,6-8,15H2,1-4H3. The molecule has 1 aromatic carbocycles. The molecule has 90 valence electrons. The van der Waals surface area contributed by atoms with E-state index in [0.717, 1.165) is 6.42 Å². The van der Waals surface area contributed by atoms with Gasteiger partial charge in [0.05, 0.1) is 0 Å². The normalized spacial score (nSPS) is 12.9. The van der Waals surface area contributed by atoms with Gasteiger partial charge in [0.15, 0.2) is 0 Å². The molecule has 0 fully saturated rings. The molecule has 16 heavy (non-hydrogen) atoms. The summed E-state index contributed by atoms with van der Waals surface area (Å²) >= 11 is 0. The van der Waals surface area contributed by atoms with Crippen molar-refractivity contribution in [3.63, 3.8) is 0 Å². The van der Waals surface area contributed by atoms with Crippen LogP contribution in [0.1, 0.15) is 27.8 Å². The fourth-order valence-electron chi connectivity index (χ4n) is 2.12. The van der Waals surface area contributed by atoms with Gasteiger partial charge >= 0.3 is 0 Å². The van der Waals surface area contributed by atoms with E-state index in [1.54, 1.807) is 0 Å². The Kier molecular flexibility index (Phi) is 4.51. The Morgan fingerprint density at radius 3 is 2.00 bits per heavy atom. The van der Waals surface area contributed by atoms with E-state index in [4.69, 9.17) is 5.73 Å². The molecule has 0 amide bonds. The van der Waals surface area contributed by atoms with E-state index in [1.165, 1.54) is 27.8 Å². The highest BCUT2D eigenvalue weighted by Gasteiger charge is 2.13. The van der Waals surface area contributed by atoms with Crippen molar-refractivity contribution in [3.8, 4) is 0 Å². The first kappa shape index (κ1) is 13.2. The number of nitrogens with two attached hydrogens (primary N) is 1. The SMILES string of the molecule is Cc1cc(C)c(C)c(CC(CN)CO)c1C. The Balaban J connectivity index is 3.11. The van der Waals surface area contributed by atoms with Crippen molar-refractivity contribution in [1.29, 1.82) is 0 Å². The van der Waals surface area contributed by atoms with E-state index >= 15 is 0 Å². The van der Waals surface area contributed by atoms with Gasteiger partial charge in [0.25, 0.3) is 0 Å². The van der Waals surface area contributed by atoms with Crippen LogP contribution in [-0.2, 0) is 6.42 Å². The topological polar surface area (TPSA) is 46.2 Å². The van der Waals surface area contributed by atoms with Crippen LogP contribution < -0.4 is 5.73 Å². The molecule has 0 aliphatic carbocycles. The van der Waals surface area contributed by atoms with Gasteiger partial charge in [-0.25, -0.2) is 0 Å². The molecule has 0 aliphatic heterocycles. The van der Waals surface area contributed by atoms with Crippen LogP contribution in [0.4, 0.5) is 0 Å². The third-order valence-corrected chi connectivity index (χ3v) is 3.61. The van der Waals surface area contributed by atoms with Crippen LogP contribution in [0.3, 0.4) is 0 Å². The Bertz CT molecular complexity index is 341. The Hall–Kier alpha value is -0.860. The minimum atomic E-state index is 0.169. The van der Waals surface area contributed by atoms with Crippen molar-refractivity contribution >= 4 is 0 Å². The summed E-state index contributed by atoms with van der Waals surface area (Å²) in [5.74, 6) is 0.179. The van der Waals surface area contributed by atoms with Crippen LogP contribution in [0.5, 0.6) is 0 Å². The number of benzene rings is 1. The summed E-state index contributed by atoms with van der Waals surface area (Å²) in [7, 11) is 0. The molecule has 0 aliphatic rings. The summed E-state index contributed by atoms with van der Waals surface area (Å²) in [4.78, 5) is 0. The molecule has 2 nitrogen and oxygen atoms in total. The summed E-state index contributed by atoms with van der Waals surface area (Å²) in [6.45, 7) is 9.30. The number of rotatable bonds is 4. The molecular weight excluding hydrogens is 198 g/mol. The molecule has 1 aromatic rings. The molecule has 0 spiro atoms. The molecule has 0 bridgehead atoms.